The molecule has 3 aromatic rings. The van der Waals surface area contributed by atoms with Gasteiger partial charge in [0.1, 0.15) is 0 Å². The van der Waals surface area contributed by atoms with Crippen molar-refractivity contribution in [1.82, 2.24) is 9.62 Å². The molecule has 3 aromatic carbocycles. The normalized spacial score (nSPS) is 12.5. The predicted octanol–water partition coefficient (Wildman–Crippen LogP) is 5.44. The number of carbonyl (C=O) groups excluding carboxylic acids is 1. The SMILES string of the molecule is Cc1cc(C)c(S(=O)(=O)N(CC(=O)N[C@@H](C)c2ccc(Br)cc2)Cc2ccccc2)c(C)c1. The van der Waals surface area contributed by atoms with Crippen LogP contribution < -0.4 is 5.32 Å². The zero-order chi connectivity index (χ0) is 24.2. The lowest BCUT2D eigenvalue weighted by Gasteiger charge is -2.25. The van der Waals surface area contributed by atoms with Crippen LogP contribution in [0.25, 0.3) is 0 Å². The lowest BCUT2D eigenvalue weighted by Crippen LogP contribution is -2.41. The number of amides is 1. The van der Waals surface area contributed by atoms with Gasteiger partial charge < -0.3 is 5.32 Å². The molecule has 0 heterocycles. The Kier molecular flexibility index (Phi) is 8.10. The summed E-state index contributed by atoms with van der Waals surface area (Å²) < 4.78 is 29.7. The molecule has 0 aliphatic rings. The zero-order valence-corrected chi connectivity index (χ0v) is 21.7. The number of benzene rings is 3. The smallest absolute Gasteiger partial charge is 0.244 e. The van der Waals surface area contributed by atoms with E-state index in [4.69, 9.17) is 0 Å². The molecule has 0 unspecified atom stereocenters. The second-order valence-corrected chi connectivity index (χ2v) is 11.1. The summed E-state index contributed by atoms with van der Waals surface area (Å²) in [5, 5.41) is 2.93. The Morgan fingerprint density at radius 3 is 2.12 bits per heavy atom. The number of nitrogens with zero attached hydrogens (tertiary/aromatic N) is 1. The summed E-state index contributed by atoms with van der Waals surface area (Å²) in [4.78, 5) is 13.2. The van der Waals surface area contributed by atoms with E-state index in [-0.39, 0.29) is 29.9 Å². The molecule has 0 aromatic heterocycles. The molecule has 1 atom stereocenters. The minimum Gasteiger partial charge on any atom is -0.348 e. The van der Waals surface area contributed by atoms with Crippen LogP contribution in [0, 0.1) is 20.8 Å². The highest BCUT2D eigenvalue weighted by molar-refractivity contribution is 9.10. The third-order valence-corrected chi connectivity index (χ3v) is 8.10. The number of halogens is 1. The quantitative estimate of drug-likeness (QED) is 0.423. The van der Waals surface area contributed by atoms with E-state index >= 15 is 0 Å². The van der Waals surface area contributed by atoms with Gasteiger partial charge in [-0.15, -0.1) is 0 Å². The third kappa shape index (κ3) is 6.31. The van der Waals surface area contributed by atoms with E-state index in [1.165, 1.54) is 4.31 Å². The molecule has 174 valence electrons. The molecule has 1 N–H and O–H groups in total. The molecule has 0 bridgehead atoms. The molecule has 1 amide bonds. The minimum atomic E-state index is -3.91. The molecule has 33 heavy (non-hydrogen) atoms. The Morgan fingerprint density at radius 1 is 0.970 bits per heavy atom. The Hall–Kier alpha value is -2.48. The maximum absolute atomic E-state index is 13.8. The zero-order valence-electron chi connectivity index (χ0n) is 19.3. The second kappa shape index (κ2) is 10.6. The van der Waals surface area contributed by atoms with Crippen molar-refractivity contribution in [3.8, 4) is 0 Å². The number of sulfonamides is 1. The Labute approximate surface area is 205 Å². The van der Waals surface area contributed by atoms with E-state index in [9.17, 15) is 13.2 Å². The molecular weight excluding hydrogens is 500 g/mol. The van der Waals surface area contributed by atoms with Crippen LogP contribution in [0.2, 0.25) is 0 Å². The van der Waals surface area contributed by atoms with Gasteiger partial charge in [-0.1, -0.05) is 76.1 Å². The first-order valence-electron chi connectivity index (χ1n) is 10.7. The topological polar surface area (TPSA) is 66.5 Å². The van der Waals surface area contributed by atoms with Crippen LogP contribution in [-0.4, -0.2) is 25.2 Å². The highest BCUT2D eigenvalue weighted by atomic mass is 79.9. The van der Waals surface area contributed by atoms with Crippen molar-refractivity contribution in [2.45, 2.75) is 45.2 Å². The summed E-state index contributed by atoms with van der Waals surface area (Å²) in [7, 11) is -3.91. The van der Waals surface area contributed by atoms with E-state index < -0.39 is 10.0 Å². The molecule has 3 rings (SSSR count). The van der Waals surface area contributed by atoms with E-state index in [2.05, 4.69) is 21.2 Å². The molecular formula is C26H29BrN2O3S. The van der Waals surface area contributed by atoms with Gasteiger partial charge in [-0.25, -0.2) is 8.42 Å². The maximum Gasteiger partial charge on any atom is 0.244 e. The summed E-state index contributed by atoms with van der Waals surface area (Å²) in [6.07, 6.45) is 0. The van der Waals surface area contributed by atoms with Gasteiger partial charge in [0.2, 0.25) is 15.9 Å². The molecule has 0 fully saturated rings. The van der Waals surface area contributed by atoms with Gasteiger partial charge in [-0.2, -0.15) is 4.31 Å². The van der Waals surface area contributed by atoms with Gasteiger partial charge in [-0.3, -0.25) is 4.79 Å². The van der Waals surface area contributed by atoms with Gasteiger partial charge in [0.05, 0.1) is 17.5 Å². The molecule has 0 aliphatic heterocycles. The van der Waals surface area contributed by atoms with Crippen molar-refractivity contribution in [1.29, 1.82) is 0 Å². The average molecular weight is 530 g/mol. The van der Waals surface area contributed by atoms with Crippen LogP contribution in [0.1, 0.15) is 40.8 Å². The van der Waals surface area contributed by atoms with E-state index in [0.717, 1.165) is 21.2 Å². The van der Waals surface area contributed by atoms with Crippen LogP contribution in [-0.2, 0) is 21.4 Å². The molecule has 0 saturated heterocycles. The first kappa shape index (κ1) is 25.1. The van der Waals surface area contributed by atoms with Crippen molar-refractivity contribution in [2.75, 3.05) is 6.54 Å². The van der Waals surface area contributed by atoms with Gasteiger partial charge >= 0.3 is 0 Å². The molecule has 0 aliphatic carbocycles. The fourth-order valence-electron chi connectivity index (χ4n) is 4.00. The Bertz CT molecular complexity index is 1200. The molecule has 5 nitrogen and oxygen atoms in total. The van der Waals surface area contributed by atoms with E-state index in [1.807, 2.05) is 80.6 Å². The fraction of sp³-hybridized carbons (Fsp3) is 0.269. The molecule has 0 saturated carbocycles. The van der Waals surface area contributed by atoms with Crippen molar-refractivity contribution < 1.29 is 13.2 Å². The summed E-state index contributed by atoms with van der Waals surface area (Å²) in [6, 6.07) is 20.4. The highest BCUT2D eigenvalue weighted by Crippen LogP contribution is 2.26. The summed E-state index contributed by atoms with van der Waals surface area (Å²) in [5.41, 5.74) is 4.11. The van der Waals surface area contributed by atoms with E-state index in [0.29, 0.717) is 11.1 Å². The first-order chi connectivity index (χ1) is 15.6. The maximum atomic E-state index is 13.8. The molecule has 7 heteroatoms. The van der Waals surface area contributed by atoms with Crippen LogP contribution in [0.4, 0.5) is 0 Å². The number of rotatable bonds is 8. The standard InChI is InChI=1S/C26H29BrN2O3S/c1-18-14-19(2)26(20(3)15-18)33(31,32)29(16-22-8-6-5-7-9-22)17-25(30)28-21(4)23-10-12-24(27)13-11-23/h5-15,21H,16-17H2,1-4H3,(H,28,30)/t21-/m0/s1. The molecule has 0 spiro atoms. The largest absolute Gasteiger partial charge is 0.348 e. The Balaban J connectivity index is 1.90. The number of aryl methyl sites for hydroxylation is 3. The van der Waals surface area contributed by atoms with Crippen LogP contribution in [0.15, 0.2) is 76.1 Å². The summed E-state index contributed by atoms with van der Waals surface area (Å²) in [5.74, 6) is -0.354. The van der Waals surface area contributed by atoms with E-state index in [1.54, 1.807) is 13.8 Å². The summed E-state index contributed by atoms with van der Waals surface area (Å²) in [6.45, 7) is 7.24. The Morgan fingerprint density at radius 2 is 1.55 bits per heavy atom. The predicted molar refractivity (Wildman–Crippen MR) is 135 cm³/mol. The van der Waals surface area contributed by atoms with Gasteiger partial charge in [-0.05, 0) is 62.1 Å². The van der Waals surface area contributed by atoms with Crippen molar-refractivity contribution in [3.63, 3.8) is 0 Å². The second-order valence-electron chi connectivity index (χ2n) is 8.33. The first-order valence-corrected chi connectivity index (χ1v) is 13.0. The summed E-state index contributed by atoms with van der Waals surface area (Å²) >= 11 is 3.41. The average Bonchev–Trinajstić information content (AvgIpc) is 2.73. The third-order valence-electron chi connectivity index (χ3n) is 5.47. The van der Waals surface area contributed by atoms with Gasteiger partial charge in [0.15, 0.2) is 0 Å². The van der Waals surface area contributed by atoms with Crippen LogP contribution in [0.5, 0.6) is 0 Å². The lowest BCUT2D eigenvalue weighted by molar-refractivity contribution is -0.122. The van der Waals surface area contributed by atoms with Crippen LogP contribution >= 0.6 is 15.9 Å². The number of hydrogen-bond donors (Lipinski definition) is 1. The number of hydrogen-bond acceptors (Lipinski definition) is 3. The monoisotopic (exact) mass is 528 g/mol. The van der Waals surface area contributed by atoms with Gasteiger partial charge in [0, 0.05) is 11.0 Å². The fourth-order valence-corrected chi connectivity index (χ4v) is 6.06. The highest BCUT2D eigenvalue weighted by Gasteiger charge is 2.30. The van der Waals surface area contributed by atoms with Crippen molar-refractivity contribution in [3.05, 3.63) is 99.0 Å². The number of nitrogens with one attached hydrogen (secondary N) is 1. The number of carbonyl (C=O) groups is 1. The van der Waals surface area contributed by atoms with Crippen molar-refractivity contribution in [2.24, 2.45) is 0 Å². The van der Waals surface area contributed by atoms with Crippen LogP contribution in [0.3, 0.4) is 0 Å². The van der Waals surface area contributed by atoms with Crippen molar-refractivity contribution >= 4 is 31.9 Å². The minimum absolute atomic E-state index is 0.107. The van der Waals surface area contributed by atoms with Gasteiger partial charge in [0.25, 0.3) is 0 Å². The lowest BCUT2D eigenvalue weighted by atomic mass is 10.1. The molecule has 0 radical (unpaired) electrons.